The monoisotopic (exact) mass is 728 g/mol. The van der Waals surface area contributed by atoms with E-state index in [1.807, 2.05) is 24.1 Å². The zero-order valence-electron chi connectivity index (χ0n) is 31.9. The quantitative estimate of drug-likeness (QED) is 0.238. The summed E-state index contributed by atoms with van der Waals surface area (Å²) < 4.78 is 22.0. The Morgan fingerprint density at radius 2 is 1.47 bits per heavy atom. The molecule has 12 heteroatoms. The number of carbonyl (C=O) groups is 2. The van der Waals surface area contributed by atoms with E-state index in [0.29, 0.717) is 50.0 Å². The van der Waals surface area contributed by atoms with Crippen molar-refractivity contribution >= 4 is 12.0 Å². The Kier molecular flexibility index (Phi) is 12.7. The number of hydrogen-bond acceptors (Lipinski definition) is 10. The Morgan fingerprint density at radius 1 is 0.792 bits per heavy atom. The summed E-state index contributed by atoms with van der Waals surface area (Å²) in [5.41, 5.74) is 3.11. The summed E-state index contributed by atoms with van der Waals surface area (Å²) in [6, 6.07) is 19.1. The van der Waals surface area contributed by atoms with Gasteiger partial charge in [0, 0.05) is 70.2 Å². The van der Waals surface area contributed by atoms with Crippen molar-refractivity contribution in [2.45, 2.75) is 50.1 Å². The van der Waals surface area contributed by atoms with E-state index in [0.717, 1.165) is 76.1 Å². The van der Waals surface area contributed by atoms with Crippen molar-refractivity contribution in [3.8, 4) is 17.2 Å². The van der Waals surface area contributed by atoms with Gasteiger partial charge < -0.3 is 34.1 Å². The van der Waals surface area contributed by atoms with Crippen LogP contribution in [0.5, 0.6) is 17.2 Å². The van der Waals surface area contributed by atoms with E-state index in [1.54, 1.807) is 27.5 Å². The highest BCUT2D eigenvalue weighted by molar-refractivity contribution is 5.76. The van der Waals surface area contributed by atoms with Crippen LogP contribution < -0.4 is 19.5 Å². The number of aromatic nitrogens is 1. The molecule has 3 saturated heterocycles. The molecule has 286 valence electrons. The molecule has 2 amide bonds. The molecule has 0 spiro atoms. The Balaban J connectivity index is 1.10. The van der Waals surface area contributed by atoms with Crippen LogP contribution in [-0.4, -0.2) is 130 Å². The highest BCUT2D eigenvalue weighted by Crippen LogP contribution is 2.42. The third-order valence-corrected chi connectivity index (χ3v) is 11.4. The van der Waals surface area contributed by atoms with E-state index in [1.165, 1.54) is 5.56 Å². The molecular formula is C41H56N6O6. The lowest BCUT2D eigenvalue weighted by Gasteiger charge is -2.45. The maximum absolute atomic E-state index is 13.8. The number of benzene rings is 2. The molecule has 0 saturated carbocycles. The van der Waals surface area contributed by atoms with Gasteiger partial charge in [-0.25, -0.2) is 4.79 Å². The molecule has 0 bridgehead atoms. The first-order valence-corrected chi connectivity index (χ1v) is 18.9. The van der Waals surface area contributed by atoms with Crippen LogP contribution in [-0.2, 0) is 27.0 Å². The number of pyridine rings is 1. The molecule has 3 fully saturated rings. The third-order valence-electron chi connectivity index (χ3n) is 11.4. The number of ether oxygens (including phenoxy) is 4. The lowest BCUT2D eigenvalue weighted by Crippen LogP contribution is -2.59. The van der Waals surface area contributed by atoms with Crippen LogP contribution >= 0.6 is 0 Å². The van der Waals surface area contributed by atoms with Gasteiger partial charge in [0.05, 0.1) is 40.0 Å². The van der Waals surface area contributed by atoms with E-state index >= 15 is 0 Å². The normalized spacial score (nSPS) is 20.9. The second-order valence-electron chi connectivity index (χ2n) is 14.6. The summed E-state index contributed by atoms with van der Waals surface area (Å²) in [5.74, 6) is 1.74. The maximum atomic E-state index is 13.8. The predicted molar refractivity (Wildman–Crippen MR) is 203 cm³/mol. The predicted octanol–water partition coefficient (Wildman–Crippen LogP) is 4.52. The molecule has 0 radical (unpaired) electrons. The molecule has 3 aliphatic heterocycles. The molecule has 3 aromatic rings. The largest absolute Gasteiger partial charge is 0.493 e. The minimum atomic E-state index is -0.494. The number of carbonyl (C=O) groups excluding carboxylic acids is 2. The van der Waals surface area contributed by atoms with Gasteiger partial charge in [-0.1, -0.05) is 36.4 Å². The molecule has 0 aliphatic carbocycles. The first kappa shape index (κ1) is 38.3. The number of nitrogens with zero attached hydrogens (tertiary/aromatic N) is 5. The molecule has 4 heterocycles. The lowest BCUT2D eigenvalue weighted by atomic mass is 9.76. The van der Waals surface area contributed by atoms with Gasteiger partial charge in [-0.15, -0.1) is 0 Å². The number of rotatable bonds is 14. The van der Waals surface area contributed by atoms with Crippen molar-refractivity contribution in [2.24, 2.45) is 0 Å². The van der Waals surface area contributed by atoms with Crippen LogP contribution in [0.15, 0.2) is 67.0 Å². The summed E-state index contributed by atoms with van der Waals surface area (Å²) in [4.78, 5) is 39.2. The SMILES string of the molecule is CCOC(=O)CN1CCN(C(=O)NC2(c3cccnc3)CCN(CCC3(c4ccccc4)CCN(Cc4cc(OC)c(OC)c(OC)c4)C3)CC2)CC1. The number of likely N-dealkylation sites (tertiary alicyclic amines) is 2. The van der Waals surface area contributed by atoms with E-state index in [4.69, 9.17) is 18.9 Å². The van der Waals surface area contributed by atoms with Gasteiger partial charge in [-0.2, -0.15) is 0 Å². The van der Waals surface area contributed by atoms with Crippen molar-refractivity contribution in [1.29, 1.82) is 0 Å². The van der Waals surface area contributed by atoms with Gasteiger partial charge in [0.25, 0.3) is 0 Å². The molecule has 53 heavy (non-hydrogen) atoms. The van der Waals surface area contributed by atoms with Crippen molar-refractivity contribution in [3.63, 3.8) is 0 Å². The van der Waals surface area contributed by atoms with Crippen molar-refractivity contribution in [3.05, 3.63) is 83.7 Å². The number of esters is 1. The molecule has 1 N–H and O–H groups in total. The number of amides is 2. The minimum absolute atomic E-state index is 0.0312. The Morgan fingerprint density at radius 3 is 2.09 bits per heavy atom. The number of hydrogen-bond donors (Lipinski definition) is 1. The van der Waals surface area contributed by atoms with Crippen molar-refractivity contribution in [1.82, 2.24) is 29.9 Å². The highest BCUT2D eigenvalue weighted by Gasteiger charge is 2.42. The standard InChI is InChI=1S/C41H56N6O6/c1-5-53-37(48)30-45-22-24-47(25-23-45)39(49)43-41(34-12-9-17-42-28-34)15-20-44(21-16-41)18-13-40(33-10-7-6-8-11-33)14-19-46(31-40)29-32-26-35(50-2)38(52-4)36(27-32)51-3/h6-12,17,26-28H,5,13-16,18-25,29-31H2,1-4H3,(H,43,49). The van der Waals surface area contributed by atoms with Crippen LogP contribution in [0.2, 0.25) is 0 Å². The average Bonchev–Trinajstić information content (AvgIpc) is 3.61. The number of piperidine rings is 1. The number of methoxy groups -OCH3 is 3. The van der Waals surface area contributed by atoms with Crippen LogP contribution in [0.4, 0.5) is 4.79 Å². The zero-order valence-corrected chi connectivity index (χ0v) is 31.9. The van der Waals surface area contributed by atoms with Gasteiger partial charge in [-0.3, -0.25) is 19.6 Å². The topological polar surface area (TPSA) is 109 Å². The molecule has 12 nitrogen and oxygen atoms in total. The van der Waals surface area contributed by atoms with Gasteiger partial charge in [0.15, 0.2) is 11.5 Å². The van der Waals surface area contributed by atoms with Crippen LogP contribution in [0.25, 0.3) is 0 Å². The Hall–Kier alpha value is -4.39. The van der Waals surface area contributed by atoms with E-state index in [-0.39, 0.29) is 24.0 Å². The second-order valence-corrected chi connectivity index (χ2v) is 14.6. The molecule has 2 aromatic carbocycles. The molecule has 1 unspecified atom stereocenters. The first-order valence-electron chi connectivity index (χ1n) is 18.9. The summed E-state index contributed by atoms with van der Waals surface area (Å²) in [6.45, 7) is 10.4. The van der Waals surface area contributed by atoms with E-state index in [9.17, 15) is 9.59 Å². The van der Waals surface area contributed by atoms with E-state index in [2.05, 4.69) is 73.5 Å². The average molecular weight is 729 g/mol. The number of piperazine rings is 1. The Bertz CT molecular complexity index is 1620. The fraction of sp³-hybridized carbons (Fsp3) is 0.537. The zero-order chi connectivity index (χ0) is 37.3. The number of urea groups is 1. The third kappa shape index (κ3) is 9.05. The Labute approximate surface area is 314 Å². The van der Waals surface area contributed by atoms with Crippen molar-refractivity contribution < 1.29 is 28.5 Å². The fourth-order valence-corrected chi connectivity index (χ4v) is 8.40. The van der Waals surface area contributed by atoms with Gasteiger partial charge in [0.2, 0.25) is 5.75 Å². The summed E-state index contributed by atoms with van der Waals surface area (Å²) in [6.07, 6.45) is 7.42. The summed E-state index contributed by atoms with van der Waals surface area (Å²) in [5, 5.41) is 3.48. The minimum Gasteiger partial charge on any atom is -0.493 e. The van der Waals surface area contributed by atoms with Crippen LogP contribution in [0, 0.1) is 0 Å². The lowest BCUT2D eigenvalue weighted by molar-refractivity contribution is -0.144. The highest BCUT2D eigenvalue weighted by atomic mass is 16.5. The van der Waals surface area contributed by atoms with Crippen LogP contribution in [0.1, 0.15) is 49.3 Å². The van der Waals surface area contributed by atoms with Crippen LogP contribution in [0.3, 0.4) is 0 Å². The molecular weight excluding hydrogens is 672 g/mol. The molecule has 1 atom stereocenters. The fourth-order valence-electron chi connectivity index (χ4n) is 8.40. The van der Waals surface area contributed by atoms with Gasteiger partial charge >= 0.3 is 12.0 Å². The second kappa shape index (κ2) is 17.6. The summed E-state index contributed by atoms with van der Waals surface area (Å²) in [7, 11) is 4.95. The smallest absolute Gasteiger partial charge is 0.320 e. The summed E-state index contributed by atoms with van der Waals surface area (Å²) >= 11 is 0. The molecule has 3 aliphatic rings. The van der Waals surface area contributed by atoms with Crippen molar-refractivity contribution in [2.75, 3.05) is 93.4 Å². The van der Waals surface area contributed by atoms with Gasteiger partial charge in [-0.05, 0) is 80.6 Å². The van der Waals surface area contributed by atoms with Gasteiger partial charge in [0.1, 0.15) is 0 Å². The maximum Gasteiger partial charge on any atom is 0.320 e. The molecule has 6 rings (SSSR count). The van der Waals surface area contributed by atoms with E-state index < -0.39 is 5.54 Å². The number of nitrogens with one attached hydrogen (secondary N) is 1. The first-order chi connectivity index (χ1) is 25.8. The molecule has 1 aromatic heterocycles.